The van der Waals surface area contributed by atoms with Crippen molar-refractivity contribution in [1.29, 1.82) is 0 Å². The van der Waals surface area contributed by atoms with E-state index in [9.17, 15) is 18.0 Å². The van der Waals surface area contributed by atoms with E-state index >= 15 is 0 Å². The molecule has 2 N–H and O–H groups in total. The van der Waals surface area contributed by atoms with Crippen LogP contribution in [0.1, 0.15) is 40.7 Å². The fourth-order valence-electron chi connectivity index (χ4n) is 3.82. The lowest BCUT2D eigenvalue weighted by Crippen LogP contribution is -2.52. The zero-order chi connectivity index (χ0) is 24.0. The summed E-state index contributed by atoms with van der Waals surface area (Å²) in [6.07, 6.45) is 6.40. The molecule has 180 valence electrons. The van der Waals surface area contributed by atoms with Crippen molar-refractivity contribution in [3.63, 3.8) is 0 Å². The van der Waals surface area contributed by atoms with Gasteiger partial charge >= 0.3 is 0 Å². The number of thioether (sulfide) groups is 1. The van der Waals surface area contributed by atoms with Crippen molar-refractivity contribution < 1.29 is 22.4 Å². The first-order valence-corrected chi connectivity index (χ1v) is 13.8. The quantitative estimate of drug-likeness (QED) is 0.556. The van der Waals surface area contributed by atoms with Crippen LogP contribution in [-0.2, 0) is 14.8 Å². The number of sulfonamides is 1. The molecule has 8 nitrogen and oxygen atoms in total. The number of furan rings is 1. The highest BCUT2D eigenvalue weighted by molar-refractivity contribution is 7.98. The van der Waals surface area contributed by atoms with Crippen LogP contribution in [0, 0.1) is 13.8 Å². The van der Waals surface area contributed by atoms with Crippen LogP contribution < -0.4 is 10.0 Å². The number of hydrogen-bond acceptors (Lipinski definition) is 6. The predicted molar refractivity (Wildman–Crippen MR) is 129 cm³/mol. The summed E-state index contributed by atoms with van der Waals surface area (Å²) in [4.78, 5) is 27.4. The Balaban J connectivity index is 1.62. The molecule has 0 radical (unpaired) electrons. The summed E-state index contributed by atoms with van der Waals surface area (Å²) in [5.41, 5.74) is 1.98. The van der Waals surface area contributed by atoms with E-state index in [0.717, 1.165) is 5.56 Å². The third kappa shape index (κ3) is 6.61. The largest absolute Gasteiger partial charge is 0.472 e. The maximum atomic E-state index is 13.1. The van der Waals surface area contributed by atoms with Gasteiger partial charge < -0.3 is 14.6 Å². The summed E-state index contributed by atoms with van der Waals surface area (Å²) in [5, 5.41) is 2.99. The average Bonchev–Trinajstić information content (AvgIpc) is 3.33. The summed E-state index contributed by atoms with van der Waals surface area (Å²) in [5.74, 6) is 0.218. The molecule has 1 aliphatic rings. The van der Waals surface area contributed by atoms with Gasteiger partial charge in [0.25, 0.3) is 5.91 Å². The standard InChI is InChI=1S/C23H31N3O5S2/c1-16-4-5-17(2)21(14-16)33(29,30)25-20(9-13-32-3)22(27)24-19-6-10-26(11-7-19)23(28)18-8-12-31-15-18/h4-5,8,12,14-15,19-20,25H,6-7,9-11,13H2,1-3H3,(H,24,27). The van der Waals surface area contributed by atoms with Crippen LogP contribution >= 0.6 is 11.8 Å². The Morgan fingerprint density at radius 2 is 1.94 bits per heavy atom. The Labute approximate surface area is 199 Å². The van der Waals surface area contributed by atoms with Crippen LogP contribution in [0.15, 0.2) is 46.1 Å². The molecule has 1 saturated heterocycles. The van der Waals surface area contributed by atoms with Gasteiger partial charge in [-0.3, -0.25) is 9.59 Å². The minimum Gasteiger partial charge on any atom is -0.472 e. The van der Waals surface area contributed by atoms with Gasteiger partial charge in [0.1, 0.15) is 12.3 Å². The van der Waals surface area contributed by atoms with Gasteiger partial charge in [0.2, 0.25) is 15.9 Å². The SMILES string of the molecule is CSCCC(NS(=O)(=O)c1cc(C)ccc1C)C(=O)NC1CCN(C(=O)c2ccoc2)CC1. The van der Waals surface area contributed by atoms with Gasteiger partial charge in [0, 0.05) is 19.1 Å². The summed E-state index contributed by atoms with van der Waals surface area (Å²) in [6.45, 7) is 4.60. The van der Waals surface area contributed by atoms with Gasteiger partial charge in [-0.25, -0.2) is 8.42 Å². The molecule has 2 aromatic rings. The van der Waals surface area contributed by atoms with Crippen LogP contribution in [0.3, 0.4) is 0 Å². The third-order valence-electron chi connectivity index (χ3n) is 5.75. The molecule has 1 aromatic carbocycles. The molecule has 33 heavy (non-hydrogen) atoms. The minimum atomic E-state index is -3.86. The normalized spacial score (nSPS) is 15.9. The lowest BCUT2D eigenvalue weighted by Gasteiger charge is -2.33. The molecule has 2 heterocycles. The molecule has 0 bridgehead atoms. The number of benzene rings is 1. The number of carbonyl (C=O) groups excluding carboxylic acids is 2. The number of hydrogen-bond donors (Lipinski definition) is 2. The van der Waals surface area contributed by atoms with Crippen molar-refractivity contribution in [2.45, 2.75) is 50.1 Å². The predicted octanol–water partition coefficient (Wildman–Crippen LogP) is 2.72. The fourth-order valence-corrected chi connectivity index (χ4v) is 5.86. The molecule has 1 aliphatic heterocycles. The van der Waals surface area contributed by atoms with Crippen molar-refractivity contribution in [2.24, 2.45) is 0 Å². The van der Waals surface area contributed by atoms with Gasteiger partial charge in [-0.2, -0.15) is 16.5 Å². The van der Waals surface area contributed by atoms with Gasteiger partial charge in [-0.1, -0.05) is 12.1 Å². The monoisotopic (exact) mass is 493 g/mol. The van der Waals surface area contributed by atoms with E-state index in [4.69, 9.17) is 4.42 Å². The maximum Gasteiger partial charge on any atom is 0.257 e. The van der Waals surface area contributed by atoms with E-state index in [2.05, 4.69) is 10.0 Å². The second kappa shape index (κ2) is 11.2. The average molecular weight is 494 g/mol. The number of piperidine rings is 1. The number of carbonyl (C=O) groups is 2. The first-order chi connectivity index (χ1) is 15.7. The van der Waals surface area contributed by atoms with E-state index < -0.39 is 16.1 Å². The highest BCUT2D eigenvalue weighted by Crippen LogP contribution is 2.19. The lowest BCUT2D eigenvalue weighted by atomic mass is 10.0. The van der Waals surface area contributed by atoms with Crippen molar-refractivity contribution in [2.75, 3.05) is 25.1 Å². The van der Waals surface area contributed by atoms with Crippen molar-refractivity contribution in [1.82, 2.24) is 14.9 Å². The number of aryl methyl sites for hydroxylation is 2. The van der Waals surface area contributed by atoms with Crippen molar-refractivity contribution >= 4 is 33.6 Å². The molecule has 0 saturated carbocycles. The third-order valence-corrected chi connectivity index (χ3v) is 8.01. The zero-order valence-electron chi connectivity index (χ0n) is 19.2. The number of amides is 2. The molecule has 1 atom stereocenters. The van der Waals surface area contributed by atoms with E-state index in [-0.39, 0.29) is 22.8 Å². The number of nitrogens with one attached hydrogen (secondary N) is 2. The molecule has 0 aliphatic carbocycles. The molecule has 10 heteroatoms. The molecule has 3 rings (SSSR count). The van der Waals surface area contributed by atoms with E-state index in [0.29, 0.717) is 49.2 Å². The van der Waals surface area contributed by atoms with Crippen molar-refractivity contribution in [3.8, 4) is 0 Å². The molecule has 1 aromatic heterocycles. The number of nitrogens with zero attached hydrogens (tertiary/aromatic N) is 1. The maximum absolute atomic E-state index is 13.1. The lowest BCUT2D eigenvalue weighted by molar-refractivity contribution is -0.123. The number of likely N-dealkylation sites (tertiary alicyclic amines) is 1. The van der Waals surface area contributed by atoms with Crippen molar-refractivity contribution in [3.05, 3.63) is 53.5 Å². The van der Waals surface area contributed by atoms with E-state index in [1.807, 2.05) is 19.2 Å². The first kappa shape index (κ1) is 25.3. The molecule has 0 spiro atoms. The fraction of sp³-hybridized carbons (Fsp3) is 0.478. The molecular formula is C23H31N3O5S2. The van der Waals surface area contributed by atoms with Gasteiger partial charge in [-0.15, -0.1) is 0 Å². The summed E-state index contributed by atoms with van der Waals surface area (Å²) in [6, 6.07) is 5.89. The Bertz CT molecular complexity index is 1060. The summed E-state index contributed by atoms with van der Waals surface area (Å²) in [7, 11) is -3.86. The van der Waals surface area contributed by atoms with Crippen LogP contribution in [0.4, 0.5) is 0 Å². The zero-order valence-corrected chi connectivity index (χ0v) is 20.8. The topological polar surface area (TPSA) is 109 Å². The highest BCUT2D eigenvalue weighted by atomic mass is 32.2. The van der Waals surface area contributed by atoms with E-state index in [1.54, 1.807) is 41.8 Å². The second-order valence-corrected chi connectivity index (χ2v) is 11.0. The highest BCUT2D eigenvalue weighted by Gasteiger charge is 2.30. The Morgan fingerprint density at radius 1 is 1.21 bits per heavy atom. The molecule has 1 fully saturated rings. The van der Waals surface area contributed by atoms with Gasteiger partial charge in [0.05, 0.1) is 16.7 Å². The summed E-state index contributed by atoms with van der Waals surface area (Å²) < 4.78 is 33.7. The minimum absolute atomic E-state index is 0.0901. The smallest absolute Gasteiger partial charge is 0.257 e. The Kier molecular flexibility index (Phi) is 8.61. The van der Waals surface area contributed by atoms with Crippen LogP contribution in [-0.4, -0.2) is 62.3 Å². The van der Waals surface area contributed by atoms with Gasteiger partial charge in [-0.05, 0) is 68.4 Å². The Hall–Kier alpha value is -2.30. The molecule has 1 unspecified atom stereocenters. The second-order valence-electron chi connectivity index (χ2n) is 8.31. The van der Waals surface area contributed by atoms with Gasteiger partial charge in [0.15, 0.2) is 0 Å². The van der Waals surface area contributed by atoms with Crippen LogP contribution in [0.25, 0.3) is 0 Å². The van der Waals surface area contributed by atoms with E-state index in [1.165, 1.54) is 12.5 Å². The molecular weight excluding hydrogens is 462 g/mol. The first-order valence-electron chi connectivity index (χ1n) is 10.9. The van der Waals surface area contributed by atoms with Crippen LogP contribution in [0.2, 0.25) is 0 Å². The number of rotatable bonds is 9. The molecule has 2 amide bonds. The van der Waals surface area contributed by atoms with Crippen LogP contribution in [0.5, 0.6) is 0 Å². The summed E-state index contributed by atoms with van der Waals surface area (Å²) >= 11 is 1.56. The Morgan fingerprint density at radius 3 is 2.58 bits per heavy atom.